The third-order valence-corrected chi connectivity index (χ3v) is 6.27. The summed E-state index contributed by atoms with van der Waals surface area (Å²) in [6.07, 6.45) is 6.06. The van der Waals surface area contributed by atoms with E-state index < -0.39 is 0 Å². The third kappa shape index (κ3) is 3.48. The van der Waals surface area contributed by atoms with Gasteiger partial charge in [-0.15, -0.1) is 0 Å². The summed E-state index contributed by atoms with van der Waals surface area (Å²) in [5.41, 5.74) is 3.01. The number of fused-ring (bicyclic) bond motifs is 3. The Bertz CT molecular complexity index is 641. The third-order valence-electron chi connectivity index (χ3n) is 6.27. The fraction of sp³-hybridized carbons (Fsp3) is 0.800. The molecule has 25 heavy (non-hydrogen) atoms. The van der Waals surface area contributed by atoms with E-state index in [2.05, 4.69) is 41.7 Å². The van der Waals surface area contributed by atoms with E-state index in [1.165, 1.54) is 18.5 Å². The van der Waals surface area contributed by atoms with Gasteiger partial charge in [-0.25, -0.2) is 0 Å². The average molecular weight is 345 g/mol. The zero-order valence-electron chi connectivity index (χ0n) is 16.0. The maximum atomic E-state index is 12.9. The summed E-state index contributed by atoms with van der Waals surface area (Å²) in [7, 11) is 0. The summed E-state index contributed by atoms with van der Waals surface area (Å²) in [6.45, 7) is 11.0. The van der Waals surface area contributed by atoms with Crippen LogP contribution in [-0.4, -0.2) is 39.7 Å². The fourth-order valence-electron chi connectivity index (χ4n) is 5.67. The summed E-state index contributed by atoms with van der Waals surface area (Å²) in [5, 5.41) is 8.15. The first-order valence-electron chi connectivity index (χ1n) is 9.89. The second-order valence-corrected chi connectivity index (χ2v) is 9.62. The zero-order chi connectivity index (χ0) is 17.7. The summed E-state index contributed by atoms with van der Waals surface area (Å²) in [5.74, 6) is 0.327. The van der Waals surface area contributed by atoms with Crippen molar-refractivity contribution in [1.29, 1.82) is 0 Å². The molecule has 2 bridgehead atoms. The fourth-order valence-corrected chi connectivity index (χ4v) is 5.67. The van der Waals surface area contributed by atoms with Crippen LogP contribution in [0.25, 0.3) is 0 Å². The molecule has 0 spiro atoms. The lowest BCUT2D eigenvalue weighted by Crippen LogP contribution is -2.37. The summed E-state index contributed by atoms with van der Waals surface area (Å²) in [6, 6.07) is 2.63. The van der Waals surface area contributed by atoms with Crippen LogP contribution < -0.4 is 5.32 Å². The van der Waals surface area contributed by atoms with Gasteiger partial charge in [0.25, 0.3) is 0 Å². The SMILES string of the molecule is CC1(C)C[C@@H]2C[C@@](C)(CN2C(=O)CCc2cc3n(n2)CCCNC3)C1. The molecule has 1 aromatic heterocycles. The van der Waals surface area contributed by atoms with Gasteiger partial charge in [-0.05, 0) is 49.1 Å². The quantitative estimate of drug-likeness (QED) is 0.917. The van der Waals surface area contributed by atoms with Crippen LogP contribution >= 0.6 is 0 Å². The maximum absolute atomic E-state index is 12.9. The van der Waals surface area contributed by atoms with Gasteiger partial charge in [0.2, 0.25) is 5.91 Å². The van der Waals surface area contributed by atoms with Crippen molar-refractivity contribution in [2.24, 2.45) is 10.8 Å². The van der Waals surface area contributed by atoms with Crippen molar-refractivity contribution in [3.05, 3.63) is 17.5 Å². The van der Waals surface area contributed by atoms with Crippen molar-refractivity contribution in [2.45, 2.75) is 78.4 Å². The number of nitrogens with one attached hydrogen (secondary N) is 1. The summed E-state index contributed by atoms with van der Waals surface area (Å²) in [4.78, 5) is 15.1. The van der Waals surface area contributed by atoms with Crippen molar-refractivity contribution >= 4 is 5.91 Å². The highest BCUT2D eigenvalue weighted by molar-refractivity contribution is 5.77. The first kappa shape index (κ1) is 17.1. The number of hydrogen-bond donors (Lipinski definition) is 1. The molecule has 3 heterocycles. The largest absolute Gasteiger partial charge is 0.339 e. The molecule has 138 valence electrons. The van der Waals surface area contributed by atoms with Crippen molar-refractivity contribution in [3.8, 4) is 0 Å². The van der Waals surface area contributed by atoms with Crippen molar-refractivity contribution in [1.82, 2.24) is 20.0 Å². The van der Waals surface area contributed by atoms with Gasteiger partial charge in [-0.2, -0.15) is 5.10 Å². The number of likely N-dealkylation sites (tertiary alicyclic amines) is 1. The van der Waals surface area contributed by atoms with Crippen LogP contribution in [0, 0.1) is 10.8 Å². The first-order valence-corrected chi connectivity index (χ1v) is 9.89. The van der Waals surface area contributed by atoms with Crippen LogP contribution in [0.3, 0.4) is 0 Å². The average Bonchev–Trinajstić information content (AvgIpc) is 2.93. The Balaban J connectivity index is 1.38. The lowest BCUT2D eigenvalue weighted by Gasteiger charge is -2.39. The van der Waals surface area contributed by atoms with Gasteiger partial charge in [-0.1, -0.05) is 20.8 Å². The lowest BCUT2D eigenvalue weighted by atomic mass is 9.65. The Morgan fingerprint density at radius 3 is 3.04 bits per heavy atom. The molecule has 1 saturated carbocycles. The Labute approximate surface area is 151 Å². The van der Waals surface area contributed by atoms with E-state index in [1.807, 2.05) is 0 Å². The molecule has 4 rings (SSSR count). The number of nitrogens with zero attached hydrogens (tertiary/aromatic N) is 3. The maximum Gasteiger partial charge on any atom is 0.223 e. The second kappa shape index (κ2) is 6.11. The number of rotatable bonds is 3. The van der Waals surface area contributed by atoms with Gasteiger partial charge < -0.3 is 10.2 Å². The van der Waals surface area contributed by atoms with Gasteiger partial charge in [0, 0.05) is 38.5 Å². The predicted octanol–water partition coefficient (Wildman–Crippen LogP) is 2.74. The van der Waals surface area contributed by atoms with E-state index in [-0.39, 0.29) is 0 Å². The molecule has 0 aromatic carbocycles. The van der Waals surface area contributed by atoms with E-state index >= 15 is 0 Å². The smallest absolute Gasteiger partial charge is 0.223 e. The Morgan fingerprint density at radius 2 is 2.20 bits per heavy atom. The van der Waals surface area contributed by atoms with Gasteiger partial charge in [0.15, 0.2) is 0 Å². The Morgan fingerprint density at radius 1 is 1.36 bits per heavy atom. The molecular weight excluding hydrogens is 312 g/mol. The molecule has 2 fully saturated rings. The van der Waals surface area contributed by atoms with Crippen LogP contribution in [0.15, 0.2) is 6.07 Å². The van der Waals surface area contributed by atoms with Crippen molar-refractivity contribution < 1.29 is 4.79 Å². The molecule has 3 aliphatic rings. The van der Waals surface area contributed by atoms with E-state index in [1.54, 1.807) is 0 Å². The molecule has 1 aliphatic carbocycles. The number of carbonyl (C=O) groups excluding carboxylic acids is 1. The van der Waals surface area contributed by atoms with Crippen LogP contribution in [0.1, 0.15) is 64.3 Å². The number of aromatic nitrogens is 2. The molecule has 0 unspecified atom stereocenters. The zero-order valence-corrected chi connectivity index (χ0v) is 16.0. The second-order valence-electron chi connectivity index (χ2n) is 9.62. The molecule has 1 N–H and O–H groups in total. The minimum atomic E-state index is 0.319. The molecule has 1 aromatic rings. The van der Waals surface area contributed by atoms with Crippen LogP contribution in [0.5, 0.6) is 0 Å². The van der Waals surface area contributed by atoms with Gasteiger partial charge >= 0.3 is 0 Å². The Kier molecular flexibility index (Phi) is 4.18. The normalized spacial score (nSPS) is 30.8. The van der Waals surface area contributed by atoms with Crippen molar-refractivity contribution in [2.75, 3.05) is 13.1 Å². The molecular formula is C20H32N4O. The number of hydrogen-bond acceptors (Lipinski definition) is 3. The van der Waals surface area contributed by atoms with E-state index in [0.717, 1.165) is 51.1 Å². The molecule has 1 saturated heterocycles. The number of amides is 1. The van der Waals surface area contributed by atoms with Gasteiger partial charge in [-0.3, -0.25) is 9.48 Å². The molecule has 2 aliphatic heterocycles. The lowest BCUT2D eigenvalue weighted by molar-refractivity contribution is -0.132. The van der Waals surface area contributed by atoms with Crippen LogP contribution in [0.4, 0.5) is 0 Å². The summed E-state index contributed by atoms with van der Waals surface area (Å²) >= 11 is 0. The highest BCUT2D eigenvalue weighted by atomic mass is 16.2. The standard InChI is InChI=1S/C20H32N4O/c1-19(2)10-17-11-20(3,13-19)14-23(17)18(25)6-5-15-9-16-12-21-7-4-8-24(16)22-15/h9,17,21H,4-8,10-14H2,1-3H3/t17-,20-/m1/s1. The highest BCUT2D eigenvalue weighted by Gasteiger charge is 2.50. The topological polar surface area (TPSA) is 50.2 Å². The molecule has 0 radical (unpaired) electrons. The first-order chi connectivity index (χ1) is 11.8. The number of aryl methyl sites for hydroxylation is 2. The molecule has 5 heteroatoms. The van der Waals surface area contributed by atoms with Crippen LogP contribution in [-0.2, 0) is 24.3 Å². The minimum absolute atomic E-state index is 0.319. The monoisotopic (exact) mass is 344 g/mol. The number of carbonyl (C=O) groups is 1. The van der Waals surface area contributed by atoms with Gasteiger partial charge in [0.1, 0.15) is 0 Å². The molecule has 2 atom stereocenters. The molecule has 1 amide bonds. The summed E-state index contributed by atoms with van der Waals surface area (Å²) < 4.78 is 2.12. The van der Waals surface area contributed by atoms with E-state index in [4.69, 9.17) is 5.10 Å². The van der Waals surface area contributed by atoms with E-state index in [9.17, 15) is 4.79 Å². The Hall–Kier alpha value is -1.36. The minimum Gasteiger partial charge on any atom is -0.339 e. The van der Waals surface area contributed by atoms with Crippen molar-refractivity contribution in [3.63, 3.8) is 0 Å². The predicted molar refractivity (Wildman–Crippen MR) is 98.1 cm³/mol. The van der Waals surface area contributed by atoms with Crippen LogP contribution in [0.2, 0.25) is 0 Å². The van der Waals surface area contributed by atoms with Gasteiger partial charge in [0.05, 0.1) is 11.4 Å². The van der Waals surface area contributed by atoms with E-state index in [0.29, 0.717) is 29.2 Å². The molecule has 5 nitrogen and oxygen atoms in total. The highest BCUT2D eigenvalue weighted by Crippen LogP contribution is 2.52.